The Morgan fingerprint density at radius 3 is 2.56 bits per heavy atom. The number of hydrogen-bond acceptors (Lipinski definition) is 5. The predicted molar refractivity (Wildman–Crippen MR) is 60.2 cm³/mol. The highest BCUT2D eigenvalue weighted by Gasteiger charge is 2.14. The molecule has 3 N–H and O–H groups in total. The summed E-state index contributed by atoms with van der Waals surface area (Å²) in [6.07, 6.45) is 1.39. The quantitative estimate of drug-likeness (QED) is 0.315. The number of nitrogens with one attached hydrogen (secondary N) is 1. The van der Waals surface area contributed by atoms with E-state index in [0.29, 0.717) is 6.08 Å². The maximum Gasteiger partial charge on any atom is 0.328 e. The molecule has 0 aliphatic heterocycles. The maximum absolute atomic E-state index is 11.2. The average Bonchev–Trinajstić information content (AvgIpc) is 2.28. The standard InChI is InChI=1S/C10H8N2O6/c13-8-2-1-6(5-7(8)12(17)18)11-9(14)3-4-10(15)16/h1-5,13H,(H,11,14)(H,15,16)/b4-3+. The summed E-state index contributed by atoms with van der Waals surface area (Å²) in [5.41, 5.74) is -0.491. The van der Waals surface area contributed by atoms with Gasteiger partial charge in [0, 0.05) is 23.9 Å². The molecule has 0 bridgehead atoms. The minimum Gasteiger partial charge on any atom is -0.502 e. The molecule has 0 aliphatic carbocycles. The summed E-state index contributed by atoms with van der Waals surface area (Å²) in [7, 11) is 0. The van der Waals surface area contributed by atoms with E-state index in [1.165, 1.54) is 6.07 Å². The van der Waals surface area contributed by atoms with Crippen LogP contribution in [0.5, 0.6) is 5.75 Å². The summed E-state index contributed by atoms with van der Waals surface area (Å²) in [6.45, 7) is 0. The first kappa shape index (κ1) is 13.2. The van der Waals surface area contributed by atoms with Crippen molar-refractivity contribution in [1.29, 1.82) is 0 Å². The van der Waals surface area contributed by atoms with Crippen molar-refractivity contribution in [2.45, 2.75) is 0 Å². The highest BCUT2D eigenvalue weighted by Crippen LogP contribution is 2.28. The van der Waals surface area contributed by atoms with Gasteiger partial charge in [-0.15, -0.1) is 0 Å². The molecular weight excluding hydrogens is 244 g/mol. The second-order valence-electron chi connectivity index (χ2n) is 3.12. The molecule has 18 heavy (non-hydrogen) atoms. The average molecular weight is 252 g/mol. The van der Waals surface area contributed by atoms with Crippen LogP contribution in [0.25, 0.3) is 0 Å². The molecule has 1 rings (SSSR count). The number of carboxylic acid groups (broad SMARTS) is 1. The topological polar surface area (TPSA) is 130 Å². The van der Waals surface area contributed by atoms with Gasteiger partial charge in [-0.3, -0.25) is 14.9 Å². The molecule has 1 aromatic rings. The van der Waals surface area contributed by atoms with Crippen LogP contribution in [0.3, 0.4) is 0 Å². The van der Waals surface area contributed by atoms with E-state index >= 15 is 0 Å². The number of rotatable bonds is 4. The number of hydrogen-bond donors (Lipinski definition) is 3. The van der Waals surface area contributed by atoms with Gasteiger partial charge >= 0.3 is 11.7 Å². The Balaban J connectivity index is 2.86. The van der Waals surface area contributed by atoms with Crippen LogP contribution in [0.15, 0.2) is 30.4 Å². The lowest BCUT2D eigenvalue weighted by atomic mass is 10.2. The van der Waals surface area contributed by atoms with E-state index < -0.39 is 28.2 Å². The van der Waals surface area contributed by atoms with Gasteiger partial charge in [0.05, 0.1) is 4.92 Å². The SMILES string of the molecule is O=C(O)/C=C/C(=O)Nc1ccc(O)c([N+](=O)[O-])c1. The van der Waals surface area contributed by atoms with E-state index in [9.17, 15) is 19.7 Å². The number of anilines is 1. The highest BCUT2D eigenvalue weighted by molar-refractivity contribution is 6.02. The van der Waals surface area contributed by atoms with Gasteiger partial charge in [0.25, 0.3) is 0 Å². The van der Waals surface area contributed by atoms with Crippen molar-refractivity contribution in [3.05, 3.63) is 40.5 Å². The molecule has 0 saturated carbocycles. The Hall–Kier alpha value is -2.90. The zero-order valence-electron chi connectivity index (χ0n) is 8.86. The molecule has 0 radical (unpaired) electrons. The Labute approximate surface area is 100 Å². The van der Waals surface area contributed by atoms with Crippen LogP contribution in [-0.2, 0) is 9.59 Å². The van der Waals surface area contributed by atoms with Crippen LogP contribution >= 0.6 is 0 Å². The third-order valence-electron chi connectivity index (χ3n) is 1.82. The third kappa shape index (κ3) is 3.59. The van der Waals surface area contributed by atoms with Crippen LogP contribution in [-0.4, -0.2) is 27.0 Å². The van der Waals surface area contributed by atoms with E-state index in [0.717, 1.165) is 18.2 Å². The van der Waals surface area contributed by atoms with Crippen LogP contribution < -0.4 is 5.32 Å². The van der Waals surface area contributed by atoms with Crippen LogP contribution in [0.1, 0.15) is 0 Å². The fourth-order valence-corrected chi connectivity index (χ4v) is 1.08. The number of phenols is 1. The molecule has 8 heteroatoms. The first-order chi connectivity index (χ1) is 8.40. The summed E-state index contributed by atoms with van der Waals surface area (Å²) < 4.78 is 0. The Morgan fingerprint density at radius 2 is 2.00 bits per heavy atom. The second kappa shape index (κ2) is 5.43. The number of aromatic hydroxyl groups is 1. The fraction of sp³-hybridized carbons (Fsp3) is 0. The summed E-state index contributed by atoms with van der Waals surface area (Å²) in [5, 5.41) is 30.2. The molecule has 0 saturated heterocycles. The minimum atomic E-state index is -1.29. The molecule has 8 nitrogen and oxygen atoms in total. The molecular formula is C10H8N2O6. The van der Waals surface area contributed by atoms with Crippen molar-refractivity contribution in [2.75, 3.05) is 5.32 Å². The molecule has 0 fully saturated rings. The van der Waals surface area contributed by atoms with Gasteiger partial charge in [0.15, 0.2) is 5.75 Å². The summed E-state index contributed by atoms with van der Waals surface area (Å²) in [4.78, 5) is 31.1. The molecule has 0 unspecified atom stereocenters. The Kier molecular flexibility index (Phi) is 3.98. The van der Waals surface area contributed by atoms with Crippen molar-refractivity contribution in [2.24, 2.45) is 0 Å². The van der Waals surface area contributed by atoms with E-state index in [1.807, 2.05) is 0 Å². The molecule has 1 aromatic carbocycles. The number of aliphatic carboxylic acids is 1. The van der Waals surface area contributed by atoms with E-state index in [-0.39, 0.29) is 5.69 Å². The van der Waals surface area contributed by atoms with Crippen molar-refractivity contribution in [3.63, 3.8) is 0 Å². The summed E-state index contributed by atoms with van der Waals surface area (Å²) >= 11 is 0. The first-order valence-corrected chi connectivity index (χ1v) is 4.59. The number of nitrogens with zero attached hydrogens (tertiary/aromatic N) is 1. The van der Waals surface area contributed by atoms with E-state index in [4.69, 9.17) is 10.2 Å². The first-order valence-electron chi connectivity index (χ1n) is 4.59. The molecule has 0 aliphatic rings. The van der Waals surface area contributed by atoms with Crippen LogP contribution in [0, 0.1) is 10.1 Å². The smallest absolute Gasteiger partial charge is 0.328 e. The third-order valence-corrected chi connectivity index (χ3v) is 1.82. The number of carboxylic acids is 1. The lowest BCUT2D eigenvalue weighted by molar-refractivity contribution is -0.385. The molecule has 94 valence electrons. The molecule has 1 amide bonds. The monoisotopic (exact) mass is 252 g/mol. The maximum atomic E-state index is 11.2. The van der Waals surface area contributed by atoms with Crippen molar-refractivity contribution < 1.29 is 24.7 Å². The molecule has 0 heterocycles. The largest absolute Gasteiger partial charge is 0.502 e. The number of carbonyl (C=O) groups excluding carboxylic acids is 1. The van der Waals surface area contributed by atoms with E-state index in [2.05, 4.69) is 5.32 Å². The second-order valence-corrected chi connectivity index (χ2v) is 3.12. The van der Waals surface area contributed by atoms with E-state index in [1.54, 1.807) is 0 Å². The normalized spacial score (nSPS) is 10.2. The fourth-order valence-electron chi connectivity index (χ4n) is 1.08. The van der Waals surface area contributed by atoms with Gasteiger partial charge in [0.1, 0.15) is 0 Å². The van der Waals surface area contributed by atoms with Crippen molar-refractivity contribution in [3.8, 4) is 5.75 Å². The number of nitro groups is 1. The van der Waals surface area contributed by atoms with Gasteiger partial charge in [-0.05, 0) is 12.1 Å². The van der Waals surface area contributed by atoms with Gasteiger partial charge in [0.2, 0.25) is 5.91 Å². The van der Waals surface area contributed by atoms with Crippen molar-refractivity contribution in [1.82, 2.24) is 0 Å². The van der Waals surface area contributed by atoms with Crippen LogP contribution in [0.4, 0.5) is 11.4 Å². The predicted octanol–water partition coefficient (Wildman–Crippen LogP) is 0.880. The van der Waals surface area contributed by atoms with Crippen molar-refractivity contribution >= 4 is 23.3 Å². The lowest BCUT2D eigenvalue weighted by Crippen LogP contribution is -2.08. The number of amides is 1. The molecule has 0 aromatic heterocycles. The molecule has 0 spiro atoms. The van der Waals surface area contributed by atoms with Gasteiger partial charge in [-0.25, -0.2) is 4.79 Å². The lowest BCUT2D eigenvalue weighted by Gasteiger charge is -2.02. The van der Waals surface area contributed by atoms with Gasteiger partial charge in [-0.1, -0.05) is 0 Å². The summed E-state index contributed by atoms with van der Waals surface area (Å²) in [5.74, 6) is -2.57. The Morgan fingerprint density at radius 1 is 1.33 bits per heavy atom. The minimum absolute atomic E-state index is 0.0690. The van der Waals surface area contributed by atoms with Gasteiger partial charge in [-0.2, -0.15) is 0 Å². The molecule has 0 atom stereocenters. The number of carbonyl (C=O) groups is 2. The number of phenolic OH excluding ortho intramolecular Hbond substituents is 1. The number of benzene rings is 1. The highest BCUT2D eigenvalue weighted by atomic mass is 16.6. The van der Waals surface area contributed by atoms with Crippen LogP contribution in [0.2, 0.25) is 0 Å². The summed E-state index contributed by atoms with van der Waals surface area (Å²) in [6, 6.07) is 3.26. The Bertz CT molecular complexity index is 537. The zero-order valence-corrected chi connectivity index (χ0v) is 8.86. The number of nitro benzene ring substituents is 1. The van der Waals surface area contributed by atoms with Gasteiger partial charge < -0.3 is 15.5 Å². The zero-order chi connectivity index (χ0) is 13.7.